The molecule has 0 fully saturated rings. The first-order valence-corrected chi connectivity index (χ1v) is 6.41. The van der Waals surface area contributed by atoms with Crippen LogP contribution < -0.4 is 0 Å². The van der Waals surface area contributed by atoms with Gasteiger partial charge in [0.2, 0.25) is 0 Å². The third-order valence-electron chi connectivity index (χ3n) is 2.97. The molecule has 2 aromatic rings. The summed E-state index contributed by atoms with van der Waals surface area (Å²) in [6.07, 6.45) is 2.16. The third kappa shape index (κ3) is 2.76. The largest absolute Gasteiger partial charge is 0.298 e. The molecular formula is C15H16F2N2O. The summed E-state index contributed by atoms with van der Waals surface area (Å²) < 4.78 is 29.2. The molecular weight excluding hydrogens is 262 g/mol. The Balaban J connectivity index is 2.54. The number of nitrogens with zero attached hydrogens (tertiary/aromatic N) is 2. The van der Waals surface area contributed by atoms with Crippen molar-refractivity contribution in [2.45, 2.75) is 27.3 Å². The molecule has 0 radical (unpaired) electrons. The Morgan fingerprint density at radius 3 is 2.60 bits per heavy atom. The summed E-state index contributed by atoms with van der Waals surface area (Å²) >= 11 is 0. The molecule has 0 amide bonds. The lowest BCUT2D eigenvalue weighted by Gasteiger charge is -2.05. The molecule has 0 atom stereocenters. The van der Waals surface area contributed by atoms with Crippen LogP contribution in [0, 0.1) is 24.5 Å². The lowest BCUT2D eigenvalue weighted by atomic mass is 10.1. The standard InChI is InChI=1S/C15H16F2N2O/c1-9(2)6-19-7-11(8-20)15(18-19)12-5-13(16)10(3)4-14(12)17/h4-5,7-9H,6H2,1-3H3. The monoisotopic (exact) mass is 278 g/mol. The highest BCUT2D eigenvalue weighted by Gasteiger charge is 2.17. The van der Waals surface area contributed by atoms with E-state index in [1.165, 1.54) is 6.92 Å². The fourth-order valence-electron chi connectivity index (χ4n) is 2.03. The van der Waals surface area contributed by atoms with Gasteiger partial charge in [-0.25, -0.2) is 8.78 Å². The summed E-state index contributed by atoms with van der Waals surface area (Å²) in [4.78, 5) is 11.1. The van der Waals surface area contributed by atoms with E-state index < -0.39 is 11.6 Å². The van der Waals surface area contributed by atoms with Gasteiger partial charge in [0, 0.05) is 18.3 Å². The maximum atomic E-state index is 14.0. The fraction of sp³-hybridized carbons (Fsp3) is 0.333. The van der Waals surface area contributed by atoms with Crippen molar-refractivity contribution in [3.63, 3.8) is 0 Å². The summed E-state index contributed by atoms with van der Waals surface area (Å²) in [7, 11) is 0. The van der Waals surface area contributed by atoms with Gasteiger partial charge in [-0.15, -0.1) is 0 Å². The summed E-state index contributed by atoms with van der Waals surface area (Å²) in [5.74, 6) is -0.764. The number of hydrogen-bond donors (Lipinski definition) is 0. The second-order valence-corrected chi connectivity index (χ2v) is 5.25. The van der Waals surface area contributed by atoms with Gasteiger partial charge in [0.25, 0.3) is 0 Å². The van der Waals surface area contributed by atoms with Crippen molar-refractivity contribution in [1.29, 1.82) is 0 Å². The van der Waals surface area contributed by atoms with Gasteiger partial charge in [-0.05, 0) is 30.5 Å². The summed E-state index contributed by atoms with van der Waals surface area (Å²) in [5.41, 5.74) is 0.670. The van der Waals surface area contributed by atoms with Gasteiger partial charge in [-0.1, -0.05) is 13.8 Å². The third-order valence-corrected chi connectivity index (χ3v) is 2.97. The number of aryl methyl sites for hydroxylation is 1. The summed E-state index contributed by atoms with van der Waals surface area (Å²) in [6, 6.07) is 2.19. The minimum atomic E-state index is -0.582. The molecule has 0 saturated heterocycles. The lowest BCUT2D eigenvalue weighted by Crippen LogP contribution is -2.04. The average Bonchev–Trinajstić information content (AvgIpc) is 2.75. The van der Waals surface area contributed by atoms with E-state index in [1.54, 1.807) is 10.9 Å². The van der Waals surface area contributed by atoms with E-state index in [4.69, 9.17) is 0 Å². The first kappa shape index (κ1) is 14.4. The Hall–Kier alpha value is -2.04. The zero-order chi connectivity index (χ0) is 14.9. The summed E-state index contributed by atoms with van der Waals surface area (Å²) in [6.45, 7) is 6.11. The van der Waals surface area contributed by atoms with Gasteiger partial charge in [0.15, 0.2) is 6.29 Å². The quantitative estimate of drug-likeness (QED) is 0.801. The molecule has 0 aliphatic carbocycles. The Morgan fingerprint density at radius 2 is 2.00 bits per heavy atom. The minimum absolute atomic E-state index is 0.0118. The average molecular weight is 278 g/mol. The van der Waals surface area contributed by atoms with Crippen LogP contribution in [0.15, 0.2) is 18.3 Å². The highest BCUT2D eigenvalue weighted by molar-refractivity contribution is 5.85. The Bertz CT molecular complexity index is 648. The molecule has 0 N–H and O–H groups in total. The van der Waals surface area contributed by atoms with Crippen LogP contribution in [0.2, 0.25) is 0 Å². The number of aromatic nitrogens is 2. The predicted molar refractivity (Wildman–Crippen MR) is 72.5 cm³/mol. The first-order valence-electron chi connectivity index (χ1n) is 6.41. The number of carbonyl (C=O) groups is 1. The second-order valence-electron chi connectivity index (χ2n) is 5.25. The molecule has 20 heavy (non-hydrogen) atoms. The number of benzene rings is 1. The van der Waals surface area contributed by atoms with Crippen molar-refractivity contribution in [3.05, 3.63) is 41.1 Å². The molecule has 0 unspecified atom stereocenters. The maximum Gasteiger partial charge on any atom is 0.153 e. The Labute approximate surface area is 116 Å². The van der Waals surface area contributed by atoms with Gasteiger partial charge in [-0.2, -0.15) is 5.10 Å². The van der Waals surface area contributed by atoms with Crippen molar-refractivity contribution in [3.8, 4) is 11.3 Å². The number of aldehydes is 1. The Kier molecular flexibility index (Phi) is 3.97. The normalized spacial score (nSPS) is 11.1. The fourth-order valence-corrected chi connectivity index (χ4v) is 2.03. The highest BCUT2D eigenvalue weighted by atomic mass is 19.1. The molecule has 0 bridgehead atoms. The summed E-state index contributed by atoms with van der Waals surface area (Å²) in [5, 5.41) is 4.20. The van der Waals surface area contributed by atoms with Crippen LogP contribution in [0.25, 0.3) is 11.3 Å². The number of halogens is 2. The molecule has 0 aliphatic rings. The van der Waals surface area contributed by atoms with E-state index in [9.17, 15) is 13.6 Å². The molecule has 3 nitrogen and oxygen atoms in total. The second kappa shape index (κ2) is 5.53. The van der Waals surface area contributed by atoms with E-state index in [-0.39, 0.29) is 22.4 Å². The minimum Gasteiger partial charge on any atom is -0.298 e. The molecule has 106 valence electrons. The smallest absolute Gasteiger partial charge is 0.153 e. The van der Waals surface area contributed by atoms with Gasteiger partial charge in [0.1, 0.15) is 17.3 Å². The van der Waals surface area contributed by atoms with Gasteiger partial charge in [0.05, 0.1) is 5.56 Å². The molecule has 0 aliphatic heterocycles. The van der Waals surface area contributed by atoms with Gasteiger partial charge in [-0.3, -0.25) is 9.48 Å². The molecule has 1 heterocycles. The molecule has 5 heteroatoms. The number of rotatable bonds is 4. The molecule has 2 rings (SSSR count). The van der Waals surface area contributed by atoms with Gasteiger partial charge < -0.3 is 0 Å². The van der Waals surface area contributed by atoms with E-state index in [0.717, 1.165) is 12.1 Å². The molecule has 0 spiro atoms. The maximum absolute atomic E-state index is 14.0. The van der Waals surface area contributed by atoms with E-state index in [2.05, 4.69) is 5.10 Å². The highest BCUT2D eigenvalue weighted by Crippen LogP contribution is 2.26. The van der Waals surface area contributed by atoms with Crippen LogP contribution >= 0.6 is 0 Å². The van der Waals surface area contributed by atoms with Crippen LogP contribution in [0.1, 0.15) is 29.8 Å². The zero-order valence-electron chi connectivity index (χ0n) is 11.7. The Morgan fingerprint density at radius 1 is 1.30 bits per heavy atom. The van der Waals surface area contributed by atoms with Crippen LogP contribution in [-0.4, -0.2) is 16.1 Å². The van der Waals surface area contributed by atoms with Crippen LogP contribution in [-0.2, 0) is 6.54 Å². The van der Waals surface area contributed by atoms with Gasteiger partial charge >= 0.3 is 0 Å². The van der Waals surface area contributed by atoms with Crippen molar-refractivity contribution in [1.82, 2.24) is 9.78 Å². The van der Waals surface area contributed by atoms with E-state index in [0.29, 0.717) is 18.7 Å². The first-order chi connectivity index (χ1) is 9.42. The van der Waals surface area contributed by atoms with Crippen molar-refractivity contribution >= 4 is 6.29 Å². The van der Waals surface area contributed by atoms with Crippen LogP contribution in [0.3, 0.4) is 0 Å². The predicted octanol–water partition coefficient (Wildman–Crippen LogP) is 3.61. The van der Waals surface area contributed by atoms with E-state index >= 15 is 0 Å². The molecule has 0 saturated carbocycles. The van der Waals surface area contributed by atoms with Crippen molar-refractivity contribution in [2.75, 3.05) is 0 Å². The number of hydrogen-bond acceptors (Lipinski definition) is 2. The SMILES string of the molecule is Cc1cc(F)c(-c2nn(CC(C)C)cc2C=O)cc1F. The molecule has 1 aromatic carbocycles. The zero-order valence-corrected chi connectivity index (χ0v) is 11.7. The van der Waals surface area contributed by atoms with Crippen LogP contribution in [0.4, 0.5) is 8.78 Å². The van der Waals surface area contributed by atoms with Crippen molar-refractivity contribution in [2.24, 2.45) is 5.92 Å². The topological polar surface area (TPSA) is 34.9 Å². The van der Waals surface area contributed by atoms with Crippen molar-refractivity contribution < 1.29 is 13.6 Å². The number of carbonyl (C=O) groups excluding carboxylic acids is 1. The molecule has 1 aromatic heterocycles. The van der Waals surface area contributed by atoms with E-state index in [1.807, 2.05) is 13.8 Å². The lowest BCUT2D eigenvalue weighted by molar-refractivity contribution is 0.112. The van der Waals surface area contributed by atoms with Crippen LogP contribution in [0.5, 0.6) is 0 Å².